The van der Waals surface area contributed by atoms with Crippen LogP contribution in [0.25, 0.3) is 27.8 Å². The number of methoxy groups -OCH3 is 2. The van der Waals surface area contributed by atoms with Gasteiger partial charge in [-0.25, -0.2) is 14.9 Å². The van der Waals surface area contributed by atoms with Crippen molar-refractivity contribution in [3.8, 4) is 51.6 Å². The molecule has 1 fully saturated rings. The number of phenols is 1. The molecule has 48 heavy (non-hydrogen) atoms. The molecule has 4 N–H and O–H groups in total. The number of nitriles is 2. The summed E-state index contributed by atoms with van der Waals surface area (Å²) in [5.41, 5.74) is 5.06. The predicted molar refractivity (Wildman–Crippen MR) is 177 cm³/mol. The number of rotatable bonds is 10. The van der Waals surface area contributed by atoms with Crippen molar-refractivity contribution in [1.82, 2.24) is 15.8 Å². The number of piperidine rings is 1. The van der Waals surface area contributed by atoms with Gasteiger partial charge in [0.25, 0.3) is 5.91 Å². The summed E-state index contributed by atoms with van der Waals surface area (Å²) in [6.07, 6.45) is 3.11. The van der Waals surface area contributed by atoms with E-state index in [1.807, 2.05) is 23.1 Å². The molecule has 0 saturated carbocycles. The van der Waals surface area contributed by atoms with E-state index < -0.39 is 11.7 Å². The Hall–Kier alpha value is -5.95. The van der Waals surface area contributed by atoms with Gasteiger partial charge in [-0.05, 0) is 47.7 Å². The van der Waals surface area contributed by atoms with Gasteiger partial charge in [0.05, 0.1) is 19.8 Å². The topological polar surface area (TPSA) is 164 Å². The Kier molecular flexibility index (Phi) is 10.2. The van der Waals surface area contributed by atoms with E-state index in [1.165, 1.54) is 38.5 Å². The molecular formula is C36H33FN6O5. The van der Waals surface area contributed by atoms with Crippen LogP contribution in [0.3, 0.4) is 0 Å². The Balaban J connectivity index is 1.42. The van der Waals surface area contributed by atoms with Gasteiger partial charge < -0.3 is 24.8 Å². The molecule has 0 unspecified atom stereocenters. The molecule has 0 bridgehead atoms. The van der Waals surface area contributed by atoms with Crippen molar-refractivity contribution >= 4 is 17.3 Å². The normalized spacial score (nSPS) is 12.9. The Morgan fingerprint density at radius 3 is 2.35 bits per heavy atom. The maximum absolute atomic E-state index is 15.0. The van der Waals surface area contributed by atoms with Crippen LogP contribution in [0.15, 0.2) is 67.4 Å². The van der Waals surface area contributed by atoms with E-state index in [4.69, 9.17) is 19.7 Å². The van der Waals surface area contributed by atoms with E-state index in [2.05, 4.69) is 18.0 Å². The lowest BCUT2D eigenvalue weighted by Gasteiger charge is -2.34. The van der Waals surface area contributed by atoms with Crippen molar-refractivity contribution in [1.29, 1.82) is 10.5 Å². The van der Waals surface area contributed by atoms with Gasteiger partial charge in [-0.2, -0.15) is 10.5 Å². The average Bonchev–Trinajstić information content (AvgIpc) is 3.12. The number of nitrogens with one attached hydrogen (secondary N) is 2. The number of ether oxygens (including phenoxy) is 2. The lowest BCUT2D eigenvalue weighted by molar-refractivity contribution is -0.123. The first-order valence-corrected chi connectivity index (χ1v) is 15.0. The van der Waals surface area contributed by atoms with Crippen LogP contribution in [-0.4, -0.2) is 54.6 Å². The van der Waals surface area contributed by atoms with Crippen molar-refractivity contribution in [2.75, 3.05) is 32.2 Å². The number of hydroxylamine groups is 1. The minimum atomic E-state index is -0.727. The van der Waals surface area contributed by atoms with Crippen LogP contribution in [0.1, 0.15) is 35.1 Å². The highest BCUT2D eigenvalue weighted by molar-refractivity contribution is 6.18. The zero-order valence-electron chi connectivity index (χ0n) is 26.4. The molecule has 4 aromatic rings. The molecular weight excluding hydrogens is 615 g/mol. The van der Waals surface area contributed by atoms with E-state index in [9.17, 15) is 24.8 Å². The van der Waals surface area contributed by atoms with Gasteiger partial charge in [-0.15, -0.1) is 0 Å². The zero-order chi connectivity index (χ0) is 34.4. The summed E-state index contributed by atoms with van der Waals surface area (Å²) in [5, 5.41) is 42.9. The van der Waals surface area contributed by atoms with Crippen molar-refractivity contribution in [3.63, 3.8) is 0 Å². The number of phenolic OH excluding ortho intramolecular Hbond substituents is 1. The molecule has 0 aliphatic carbocycles. The fourth-order valence-corrected chi connectivity index (χ4v) is 5.78. The highest BCUT2D eigenvalue weighted by atomic mass is 19.1. The second kappa shape index (κ2) is 14.6. The van der Waals surface area contributed by atoms with Gasteiger partial charge in [-0.1, -0.05) is 36.9 Å². The first kappa shape index (κ1) is 33.4. The Bertz CT molecular complexity index is 1940. The van der Waals surface area contributed by atoms with Gasteiger partial charge >= 0.3 is 0 Å². The number of benzene rings is 3. The number of carbonyl (C=O) groups is 1. The summed E-state index contributed by atoms with van der Waals surface area (Å²) in [6, 6.07) is 18.8. The number of amides is 1. The summed E-state index contributed by atoms with van der Waals surface area (Å²) < 4.78 is 25.8. The highest BCUT2D eigenvalue weighted by Gasteiger charge is 2.27. The lowest BCUT2D eigenvalue weighted by atomic mass is 9.90. The van der Waals surface area contributed by atoms with E-state index in [0.717, 1.165) is 18.4 Å². The maximum Gasteiger partial charge on any atom is 0.274 e. The van der Waals surface area contributed by atoms with Crippen molar-refractivity contribution < 1.29 is 29.0 Å². The van der Waals surface area contributed by atoms with Crippen LogP contribution in [0.4, 0.5) is 10.2 Å². The SMILES string of the molecule is C=C(C(=O)NO)c1ccc(CNC2CCN(c3ncc(-c4cc(O)c(OC)cc4OC)c(-c4ccc(C#N)c(F)c4)c3C#N)CC2)cc1. The molecule has 244 valence electrons. The summed E-state index contributed by atoms with van der Waals surface area (Å²) in [6.45, 7) is 5.49. The number of hydrogen-bond acceptors (Lipinski definition) is 10. The molecule has 12 heteroatoms. The lowest BCUT2D eigenvalue weighted by Crippen LogP contribution is -2.42. The monoisotopic (exact) mass is 648 g/mol. The van der Waals surface area contributed by atoms with Crippen LogP contribution < -0.4 is 25.2 Å². The summed E-state index contributed by atoms with van der Waals surface area (Å²) in [5.74, 6) is -0.558. The number of carbonyl (C=O) groups excluding carboxylic acids is 1. The van der Waals surface area contributed by atoms with Crippen LogP contribution in [-0.2, 0) is 11.3 Å². The second-order valence-electron chi connectivity index (χ2n) is 11.1. The number of hydrogen-bond donors (Lipinski definition) is 4. The van der Waals surface area contributed by atoms with E-state index in [0.29, 0.717) is 59.0 Å². The molecule has 0 radical (unpaired) electrons. The number of nitrogens with zero attached hydrogens (tertiary/aromatic N) is 4. The van der Waals surface area contributed by atoms with Crippen LogP contribution in [0.5, 0.6) is 17.2 Å². The number of aromatic hydroxyl groups is 1. The number of anilines is 1. The van der Waals surface area contributed by atoms with Gasteiger partial charge in [0.1, 0.15) is 35.1 Å². The van der Waals surface area contributed by atoms with Gasteiger partial charge in [-0.3, -0.25) is 10.0 Å². The van der Waals surface area contributed by atoms with Crippen molar-refractivity contribution in [2.24, 2.45) is 0 Å². The van der Waals surface area contributed by atoms with Gasteiger partial charge in [0.2, 0.25) is 0 Å². The fraction of sp³-hybridized carbons (Fsp3) is 0.222. The third-order valence-electron chi connectivity index (χ3n) is 8.41. The molecule has 1 aliphatic rings. The van der Waals surface area contributed by atoms with Gasteiger partial charge in [0, 0.05) is 60.2 Å². The molecule has 1 aliphatic heterocycles. The number of halogens is 1. The Morgan fingerprint density at radius 2 is 1.75 bits per heavy atom. The average molecular weight is 649 g/mol. The minimum absolute atomic E-state index is 0.127. The molecule has 1 amide bonds. The molecule has 0 atom stereocenters. The maximum atomic E-state index is 15.0. The van der Waals surface area contributed by atoms with Gasteiger partial charge in [0.15, 0.2) is 11.5 Å². The number of aromatic nitrogens is 1. The first-order valence-electron chi connectivity index (χ1n) is 15.0. The van der Waals surface area contributed by atoms with Crippen LogP contribution in [0.2, 0.25) is 0 Å². The minimum Gasteiger partial charge on any atom is -0.504 e. The molecule has 11 nitrogen and oxygen atoms in total. The Morgan fingerprint density at radius 1 is 1.04 bits per heavy atom. The highest BCUT2D eigenvalue weighted by Crippen LogP contribution is 2.45. The molecule has 3 aromatic carbocycles. The van der Waals surface area contributed by atoms with Crippen molar-refractivity contribution in [2.45, 2.75) is 25.4 Å². The fourth-order valence-electron chi connectivity index (χ4n) is 5.78. The van der Waals surface area contributed by atoms with E-state index in [1.54, 1.807) is 29.9 Å². The standard InChI is InChI=1S/C36H33FN6O5/c1-21(36(45)42-46)23-6-4-22(5-7-23)19-40-26-10-12-43(13-11-26)35-28(18-39)34(24-8-9-25(17-38)30(37)14-24)29(20-41-35)27-15-31(44)33(48-3)16-32(27)47-2/h4-9,14-16,20,26,40,44,46H,1,10-13,19H2,2-3H3,(H,42,45). The quantitative estimate of drug-likeness (QED) is 0.101. The van der Waals surface area contributed by atoms with Crippen molar-refractivity contribution in [3.05, 3.63) is 95.4 Å². The van der Waals surface area contributed by atoms with Crippen LogP contribution >= 0.6 is 0 Å². The first-order chi connectivity index (χ1) is 23.2. The Labute approximate surface area is 277 Å². The predicted octanol–water partition coefficient (Wildman–Crippen LogP) is 5.30. The molecule has 5 rings (SSSR count). The zero-order valence-corrected chi connectivity index (χ0v) is 26.4. The number of pyridine rings is 1. The van der Waals surface area contributed by atoms with E-state index >= 15 is 0 Å². The smallest absolute Gasteiger partial charge is 0.274 e. The van der Waals surface area contributed by atoms with Crippen LogP contribution in [0, 0.1) is 28.5 Å². The summed E-state index contributed by atoms with van der Waals surface area (Å²) >= 11 is 0. The molecule has 1 aromatic heterocycles. The van der Waals surface area contributed by atoms with E-state index in [-0.39, 0.29) is 34.2 Å². The molecule has 1 saturated heterocycles. The molecule has 2 heterocycles. The third kappa shape index (κ3) is 6.76. The molecule has 0 spiro atoms. The second-order valence-corrected chi connectivity index (χ2v) is 11.1. The largest absolute Gasteiger partial charge is 0.504 e. The third-order valence-corrected chi connectivity index (χ3v) is 8.41. The summed E-state index contributed by atoms with van der Waals surface area (Å²) in [7, 11) is 2.88. The summed E-state index contributed by atoms with van der Waals surface area (Å²) in [4.78, 5) is 18.4.